The molecule has 178 valence electrons. The SMILES string of the molecule is Cc1ccc([N+](=O)[O-])cc1S(=O)(=O)N1CCC(C(=O)NCc2ccc(-c3ccn[nH]3)cc2)CC1. The second-order valence-electron chi connectivity index (χ2n) is 8.27. The summed E-state index contributed by atoms with van der Waals surface area (Å²) in [6.07, 6.45) is 2.46. The Hall–Kier alpha value is -3.57. The zero-order chi connectivity index (χ0) is 24.3. The lowest BCUT2D eigenvalue weighted by atomic mass is 9.97. The summed E-state index contributed by atoms with van der Waals surface area (Å²) in [5.41, 5.74) is 3.05. The number of nitrogens with zero attached hydrogens (tertiary/aromatic N) is 3. The normalized spacial score (nSPS) is 15.2. The number of nitro benzene ring substituents is 1. The number of hydrogen-bond donors (Lipinski definition) is 2. The van der Waals surface area contributed by atoms with Crippen molar-refractivity contribution >= 4 is 21.6 Å². The zero-order valence-corrected chi connectivity index (χ0v) is 19.4. The van der Waals surface area contributed by atoms with Gasteiger partial charge >= 0.3 is 0 Å². The predicted octanol–water partition coefficient (Wildman–Crippen LogP) is 3.01. The molecule has 10 nitrogen and oxygen atoms in total. The van der Waals surface area contributed by atoms with Gasteiger partial charge in [-0.15, -0.1) is 0 Å². The highest BCUT2D eigenvalue weighted by Gasteiger charge is 2.33. The van der Waals surface area contributed by atoms with Crippen LogP contribution in [0.2, 0.25) is 0 Å². The molecule has 34 heavy (non-hydrogen) atoms. The summed E-state index contributed by atoms with van der Waals surface area (Å²) in [7, 11) is -3.89. The van der Waals surface area contributed by atoms with E-state index in [0.717, 1.165) is 22.9 Å². The van der Waals surface area contributed by atoms with E-state index in [2.05, 4.69) is 15.5 Å². The fourth-order valence-electron chi connectivity index (χ4n) is 4.03. The summed E-state index contributed by atoms with van der Waals surface area (Å²) in [6, 6.07) is 13.5. The maximum atomic E-state index is 13.1. The van der Waals surface area contributed by atoms with Gasteiger partial charge in [-0.1, -0.05) is 30.3 Å². The number of aromatic nitrogens is 2. The molecule has 0 spiro atoms. The monoisotopic (exact) mass is 483 g/mol. The Balaban J connectivity index is 1.33. The van der Waals surface area contributed by atoms with Crippen molar-refractivity contribution in [2.45, 2.75) is 31.2 Å². The van der Waals surface area contributed by atoms with Gasteiger partial charge in [-0.25, -0.2) is 8.42 Å². The molecule has 4 rings (SSSR count). The van der Waals surface area contributed by atoms with Crippen molar-refractivity contribution < 1.29 is 18.1 Å². The fourth-order valence-corrected chi connectivity index (χ4v) is 5.74. The first-order chi connectivity index (χ1) is 16.3. The number of carbonyl (C=O) groups is 1. The number of H-pyrrole nitrogens is 1. The third-order valence-corrected chi connectivity index (χ3v) is 8.10. The van der Waals surface area contributed by atoms with E-state index in [1.807, 2.05) is 30.3 Å². The van der Waals surface area contributed by atoms with E-state index in [-0.39, 0.29) is 35.5 Å². The maximum Gasteiger partial charge on any atom is 0.270 e. The van der Waals surface area contributed by atoms with Crippen LogP contribution < -0.4 is 5.32 Å². The quantitative estimate of drug-likeness (QED) is 0.391. The van der Waals surface area contributed by atoms with E-state index in [1.54, 1.807) is 13.1 Å². The van der Waals surface area contributed by atoms with Crippen molar-refractivity contribution in [1.82, 2.24) is 19.8 Å². The average Bonchev–Trinajstić information content (AvgIpc) is 3.38. The molecule has 3 aromatic rings. The third-order valence-electron chi connectivity index (χ3n) is 6.06. The number of hydrogen-bond acceptors (Lipinski definition) is 6. The number of sulfonamides is 1. The van der Waals surface area contributed by atoms with Gasteiger partial charge < -0.3 is 5.32 Å². The van der Waals surface area contributed by atoms with Crippen molar-refractivity contribution in [3.63, 3.8) is 0 Å². The van der Waals surface area contributed by atoms with Gasteiger partial charge in [0.1, 0.15) is 0 Å². The lowest BCUT2D eigenvalue weighted by molar-refractivity contribution is -0.385. The second-order valence-corrected chi connectivity index (χ2v) is 10.2. The predicted molar refractivity (Wildman–Crippen MR) is 125 cm³/mol. The van der Waals surface area contributed by atoms with Crippen LogP contribution in [-0.2, 0) is 21.4 Å². The molecule has 2 N–H and O–H groups in total. The van der Waals surface area contributed by atoms with Gasteiger partial charge in [0, 0.05) is 43.9 Å². The Kier molecular flexibility index (Phi) is 6.75. The molecule has 0 radical (unpaired) electrons. The van der Waals surface area contributed by atoms with Crippen LogP contribution in [0.4, 0.5) is 5.69 Å². The number of non-ortho nitro benzene ring substituents is 1. The Morgan fingerprint density at radius 1 is 1.18 bits per heavy atom. The molecular weight excluding hydrogens is 458 g/mol. The number of aromatic amines is 1. The number of aryl methyl sites for hydroxylation is 1. The minimum atomic E-state index is -3.89. The average molecular weight is 484 g/mol. The van der Waals surface area contributed by atoms with Crippen molar-refractivity contribution in [3.8, 4) is 11.3 Å². The summed E-state index contributed by atoms with van der Waals surface area (Å²) >= 11 is 0. The van der Waals surface area contributed by atoms with Gasteiger partial charge in [-0.05, 0) is 42.5 Å². The van der Waals surface area contributed by atoms with E-state index in [1.165, 1.54) is 16.4 Å². The standard InChI is InChI=1S/C23H25N5O5S/c1-16-2-7-20(28(30)31)14-22(16)34(32,33)27-12-9-19(10-13-27)23(29)24-15-17-3-5-18(6-4-17)21-8-11-25-26-21/h2-8,11,14,19H,9-10,12-13,15H2,1H3,(H,24,29)(H,25,26). The lowest BCUT2D eigenvalue weighted by Crippen LogP contribution is -2.43. The molecule has 1 amide bonds. The molecule has 1 aliphatic heterocycles. The fraction of sp³-hybridized carbons (Fsp3) is 0.304. The number of carbonyl (C=O) groups excluding carboxylic acids is 1. The first kappa shape index (κ1) is 23.6. The molecule has 2 aromatic carbocycles. The van der Waals surface area contributed by atoms with Crippen molar-refractivity contribution in [1.29, 1.82) is 0 Å². The summed E-state index contributed by atoms with van der Waals surface area (Å²) in [6.45, 7) is 2.36. The van der Waals surface area contributed by atoms with Crippen LogP contribution >= 0.6 is 0 Å². The molecular formula is C23H25N5O5S. The molecule has 1 saturated heterocycles. The molecule has 0 aliphatic carbocycles. The van der Waals surface area contributed by atoms with Gasteiger partial charge in [0.2, 0.25) is 15.9 Å². The Labute approximate surface area is 197 Å². The number of nitrogens with one attached hydrogen (secondary N) is 2. The molecule has 1 aliphatic rings. The first-order valence-corrected chi connectivity index (χ1v) is 12.3. The van der Waals surface area contributed by atoms with Gasteiger partial charge in [0.25, 0.3) is 5.69 Å². The topological polar surface area (TPSA) is 138 Å². The summed E-state index contributed by atoms with van der Waals surface area (Å²) in [4.78, 5) is 23.0. The maximum absolute atomic E-state index is 13.1. The van der Waals surface area contributed by atoms with Gasteiger partial charge in [-0.3, -0.25) is 20.0 Å². The smallest absolute Gasteiger partial charge is 0.270 e. The molecule has 2 heterocycles. The molecule has 11 heteroatoms. The molecule has 1 aromatic heterocycles. The molecule has 0 bridgehead atoms. The van der Waals surface area contributed by atoms with Crippen LogP contribution in [0.25, 0.3) is 11.3 Å². The molecule has 0 saturated carbocycles. The lowest BCUT2D eigenvalue weighted by Gasteiger charge is -2.30. The largest absolute Gasteiger partial charge is 0.352 e. The van der Waals surface area contributed by atoms with Crippen LogP contribution in [-0.4, -0.2) is 46.8 Å². The van der Waals surface area contributed by atoms with E-state index in [9.17, 15) is 23.3 Å². The number of amides is 1. The van der Waals surface area contributed by atoms with Gasteiger partial charge in [0.15, 0.2) is 0 Å². The minimum Gasteiger partial charge on any atom is -0.352 e. The van der Waals surface area contributed by atoms with Crippen LogP contribution in [0, 0.1) is 23.0 Å². The van der Waals surface area contributed by atoms with Crippen molar-refractivity contribution in [3.05, 3.63) is 76.0 Å². The van der Waals surface area contributed by atoms with Crippen molar-refractivity contribution in [2.75, 3.05) is 13.1 Å². The number of nitro groups is 1. The highest BCUT2D eigenvalue weighted by Crippen LogP contribution is 2.28. The highest BCUT2D eigenvalue weighted by molar-refractivity contribution is 7.89. The number of piperidine rings is 1. The van der Waals surface area contributed by atoms with Crippen LogP contribution in [0.5, 0.6) is 0 Å². The van der Waals surface area contributed by atoms with Crippen LogP contribution in [0.15, 0.2) is 59.6 Å². The van der Waals surface area contributed by atoms with Crippen LogP contribution in [0.1, 0.15) is 24.0 Å². The molecule has 1 fully saturated rings. The summed E-state index contributed by atoms with van der Waals surface area (Å²) < 4.78 is 27.5. The number of rotatable bonds is 7. The Morgan fingerprint density at radius 3 is 2.50 bits per heavy atom. The first-order valence-electron chi connectivity index (χ1n) is 10.9. The Bertz CT molecular complexity index is 1280. The van der Waals surface area contributed by atoms with E-state index >= 15 is 0 Å². The molecule has 0 unspecified atom stereocenters. The van der Waals surface area contributed by atoms with Gasteiger partial charge in [0.05, 0.1) is 15.5 Å². The highest BCUT2D eigenvalue weighted by atomic mass is 32.2. The zero-order valence-electron chi connectivity index (χ0n) is 18.6. The summed E-state index contributed by atoms with van der Waals surface area (Å²) in [5.74, 6) is -0.400. The number of benzene rings is 2. The summed E-state index contributed by atoms with van der Waals surface area (Å²) in [5, 5.41) is 20.8. The third kappa shape index (κ3) is 5.00. The van der Waals surface area contributed by atoms with E-state index in [0.29, 0.717) is 24.9 Å². The Morgan fingerprint density at radius 2 is 1.88 bits per heavy atom. The minimum absolute atomic E-state index is 0.0665. The van der Waals surface area contributed by atoms with Gasteiger partial charge in [-0.2, -0.15) is 9.40 Å². The molecule has 0 atom stereocenters. The van der Waals surface area contributed by atoms with Crippen molar-refractivity contribution in [2.24, 2.45) is 5.92 Å². The van der Waals surface area contributed by atoms with Crippen LogP contribution in [0.3, 0.4) is 0 Å². The second kappa shape index (κ2) is 9.74. The van der Waals surface area contributed by atoms with E-state index in [4.69, 9.17) is 0 Å². The van der Waals surface area contributed by atoms with E-state index < -0.39 is 14.9 Å².